The fourth-order valence-electron chi connectivity index (χ4n) is 2.73. The Hall–Kier alpha value is -1.55. The van der Waals surface area contributed by atoms with Crippen molar-refractivity contribution in [3.05, 3.63) is 23.8 Å². The Balaban J connectivity index is 1.83. The SMILES string of the molecule is Nc1ccc2c(c1)CC(=O)N2CC1CCNC1. The fraction of sp³-hybridized carbons (Fsp3) is 0.462. The smallest absolute Gasteiger partial charge is 0.231 e. The molecule has 0 bridgehead atoms. The zero-order valence-electron chi connectivity index (χ0n) is 9.78. The van der Waals surface area contributed by atoms with Gasteiger partial charge in [0, 0.05) is 17.9 Å². The standard InChI is InChI=1S/C13H17N3O/c14-11-1-2-12-10(5-11)6-13(17)16(12)8-9-3-4-15-7-9/h1-2,5,9,15H,3-4,6-8,14H2. The van der Waals surface area contributed by atoms with Crippen LogP contribution in [0.4, 0.5) is 11.4 Å². The maximum atomic E-state index is 12.0. The maximum absolute atomic E-state index is 12.0. The second-order valence-electron chi connectivity index (χ2n) is 4.93. The molecule has 4 nitrogen and oxygen atoms in total. The van der Waals surface area contributed by atoms with Crippen molar-refractivity contribution in [2.24, 2.45) is 5.92 Å². The molecule has 1 fully saturated rings. The summed E-state index contributed by atoms with van der Waals surface area (Å²) in [6, 6.07) is 5.76. The molecule has 2 aliphatic heterocycles. The van der Waals surface area contributed by atoms with Gasteiger partial charge in [0.25, 0.3) is 0 Å². The molecule has 3 N–H and O–H groups in total. The van der Waals surface area contributed by atoms with E-state index in [4.69, 9.17) is 5.73 Å². The van der Waals surface area contributed by atoms with Gasteiger partial charge in [-0.25, -0.2) is 0 Å². The van der Waals surface area contributed by atoms with Crippen LogP contribution in [0.1, 0.15) is 12.0 Å². The first-order valence-electron chi connectivity index (χ1n) is 6.13. The summed E-state index contributed by atoms with van der Waals surface area (Å²) in [6.45, 7) is 2.93. The topological polar surface area (TPSA) is 58.4 Å². The van der Waals surface area contributed by atoms with Crippen molar-refractivity contribution in [1.82, 2.24) is 5.32 Å². The van der Waals surface area contributed by atoms with Crippen LogP contribution in [0, 0.1) is 5.92 Å². The van der Waals surface area contributed by atoms with Crippen LogP contribution in [-0.2, 0) is 11.2 Å². The second kappa shape index (κ2) is 4.04. The Labute approximate surface area is 101 Å². The largest absolute Gasteiger partial charge is 0.399 e. The third-order valence-corrected chi connectivity index (χ3v) is 3.64. The predicted octanol–water partition coefficient (Wildman–Crippen LogP) is 0.767. The molecule has 0 saturated carbocycles. The third-order valence-electron chi connectivity index (χ3n) is 3.64. The molecule has 4 heteroatoms. The number of nitrogens with two attached hydrogens (primary N) is 1. The van der Waals surface area contributed by atoms with Gasteiger partial charge in [-0.05, 0) is 49.2 Å². The Morgan fingerprint density at radius 1 is 1.47 bits per heavy atom. The molecule has 1 aromatic rings. The van der Waals surface area contributed by atoms with E-state index in [1.165, 1.54) is 0 Å². The summed E-state index contributed by atoms with van der Waals surface area (Å²) in [5, 5.41) is 3.34. The zero-order valence-corrected chi connectivity index (χ0v) is 9.78. The van der Waals surface area contributed by atoms with Crippen molar-refractivity contribution in [3.63, 3.8) is 0 Å². The number of nitrogens with zero attached hydrogens (tertiary/aromatic N) is 1. The maximum Gasteiger partial charge on any atom is 0.231 e. The lowest BCUT2D eigenvalue weighted by Gasteiger charge is -2.21. The molecule has 2 heterocycles. The number of hydrogen-bond donors (Lipinski definition) is 2. The summed E-state index contributed by atoms with van der Waals surface area (Å²) in [7, 11) is 0. The number of fused-ring (bicyclic) bond motifs is 1. The molecule has 1 atom stereocenters. The van der Waals surface area contributed by atoms with E-state index in [9.17, 15) is 4.79 Å². The third kappa shape index (κ3) is 1.89. The van der Waals surface area contributed by atoms with Crippen LogP contribution < -0.4 is 16.0 Å². The van der Waals surface area contributed by atoms with Gasteiger partial charge in [-0.1, -0.05) is 0 Å². The van der Waals surface area contributed by atoms with Gasteiger partial charge in [0.15, 0.2) is 0 Å². The van der Waals surface area contributed by atoms with Crippen molar-refractivity contribution >= 4 is 17.3 Å². The van der Waals surface area contributed by atoms with E-state index in [1.54, 1.807) is 0 Å². The molecule has 1 saturated heterocycles. The molecule has 0 radical (unpaired) electrons. The Kier molecular flexibility index (Phi) is 2.52. The van der Waals surface area contributed by atoms with E-state index >= 15 is 0 Å². The predicted molar refractivity (Wildman–Crippen MR) is 67.9 cm³/mol. The number of benzene rings is 1. The average Bonchev–Trinajstić information content (AvgIpc) is 2.88. The minimum Gasteiger partial charge on any atom is -0.399 e. The van der Waals surface area contributed by atoms with Crippen LogP contribution in [0.15, 0.2) is 18.2 Å². The molecule has 90 valence electrons. The molecule has 1 aromatic carbocycles. The van der Waals surface area contributed by atoms with E-state index in [-0.39, 0.29) is 5.91 Å². The summed E-state index contributed by atoms with van der Waals surface area (Å²) in [5.74, 6) is 0.792. The van der Waals surface area contributed by atoms with Crippen molar-refractivity contribution < 1.29 is 4.79 Å². The Morgan fingerprint density at radius 2 is 2.35 bits per heavy atom. The lowest BCUT2D eigenvalue weighted by atomic mass is 10.1. The minimum absolute atomic E-state index is 0.206. The van der Waals surface area contributed by atoms with Gasteiger partial charge >= 0.3 is 0 Å². The normalized spacial score (nSPS) is 23.2. The van der Waals surface area contributed by atoms with Gasteiger partial charge in [-0.2, -0.15) is 0 Å². The molecular weight excluding hydrogens is 214 g/mol. The lowest BCUT2D eigenvalue weighted by Crippen LogP contribution is -2.33. The molecule has 2 aliphatic rings. The monoisotopic (exact) mass is 231 g/mol. The fourth-order valence-corrected chi connectivity index (χ4v) is 2.73. The van der Waals surface area contributed by atoms with Gasteiger partial charge in [0.05, 0.1) is 6.42 Å². The zero-order chi connectivity index (χ0) is 11.8. The molecular formula is C13H17N3O. The van der Waals surface area contributed by atoms with Crippen molar-refractivity contribution in [2.45, 2.75) is 12.8 Å². The highest BCUT2D eigenvalue weighted by molar-refractivity contribution is 6.01. The van der Waals surface area contributed by atoms with E-state index in [1.807, 2.05) is 23.1 Å². The first-order valence-corrected chi connectivity index (χ1v) is 6.13. The van der Waals surface area contributed by atoms with Gasteiger partial charge in [0.1, 0.15) is 0 Å². The van der Waals surface area contributed by atoms with Gasteiger partial charge in [-0.15, -0.1) is 0 Å². The van der Waals surface area contributed by atoms with Gasteiger partial charge in [-0.3, -0.25) is 4.79 Å². The average molecular weight is 231 g/mol. The molecule has 17 heavy (non-hydrogen) atoms. The highest BCUT2D eigenvalue weighted by Gasteiger charge is 2.29. The number of amides is 1. The lowest BCUT2D eigenvalue weighted by molar-refractivity contribution is -0.117. The summed E-state index contributed by atoms with van der Waals surface area (Å²) < 4.78 is 0. The molecule has 0 aromatic heterocycles. The van der Waals surface area contributed by atoms with Gasteiger partial charge in [0.2, 0.25) is 5.91 Å². The Bertz CT molecular complexity index is 452. The van der Waals surface area contributed by atoms with Crippen LogP contribution in [0.2, 0.25) is 0 Å². The summed E-state index contributed by atoms with van der Waals surface area (Å²) in [6.07, 6.45) is 1.66. The molecule has 0 spiro atoms. The number of carbonyl (C=O) groups excluding carboxylic acids is 1. The van der Waals surface area contributed by atoms with E-state index < -0.39 is 0 Å². The number of carbonyl (C=O) groups is 1. The number of hydrogen-bond acceptors (Lipinski definition) is 3. The molecule has 3 rings (SSSR count). The number of rotatable bonds is 2. The second-order valence-corrected chi connectivity index (χ2v) is 4.93. The van der Waals surface area contributed by atoms with E-state index in [0.29, 0.717) is 12.3 Å². The van der Waals surface area contributed by atoms with Crippen LogP contribution in [0.5, 0.6) is 0 Å². The van der Waals surface area contributed by atoms with Gasteiger partial charge < -0.3 is 16.0 Å². The quantitative estimate of drug-likeness (QED) is 0.739. The first kappa shape index (κ1) is 10.6. The minimum atomic E-state index is 0.206. The number of anilines is 2. The Morgan fingerprint density at radius 3 is 3.12 bits per heavy atom. The first-order chi connectivity index (χ1) is 8.24. The van der Waals surface area contributed by atoms with E-state index in [0.717, 1.165) is 43.0 Å². The summed E-state index contributed by atoms with van der Waals surface area (Å²) in [4.78, 5) is 13.9. The number of nitrogens with one attached hydrogen (secondary N) is 1. The molecule has 1 amide bonds. The molecule has 1 unspecified atom stereocenters. The summed E-state index contributed by atoms with van der Waals surface area (Å²) in [5.41, 5.74) is 8.60. The van der Waals surface area contributed by atoms with Crippen molar-refractivity contribution in [1.29, 1.82) is 0 Å². The van der Waals surface area contributed by atoms with Crippen molar-refractivity contribution in [3.8, 4) is 0 Å². The highest BCUT2D eigenvalue weighted by atomic mass is 16.2. The highest BCUT2D eigenvalue weighted by Crippen LogP contribution is 2.31. The van der Waals surface area contributed by atoms with E-state index in [2.05, 4.69) is 5.32 Å². The molecule has 0 aliphatic carbocycles. The van der Waals surface area contributed by atoms with Crippen LogP contribution in [-0.4, -0.2) is 25.5 Å². The van der Waals surface area contributed by atoms with Crippen LogP contribution in [0.25, 0.3) is 0 Å². The van der Waals surface area contributed by atoms with Crippen LogP contribution >= 0.6 is 0 Å². The van der Waals surface area contributed by atoms with Crippen molar-refractivity contribution in [2.75, 3.05) is 30.3 Å². The summed E-state index contributed by atoms with van der Waals surface area (Å²) >= 11 is 0. The number of nitrogen functional groups attached to an aromatic ring is 1. The van der Waals surface area contributed by atoms with Crippen LogP contribution in [0.3, 0.4) is 0 Å².